The van der Waals surface area contributed by atoms with E-state index < -0.39 is 0 Å². The highest BCUT2D eigenvalue weighted by Gasteiger charge is 2.11. The minimum absolute atomic E-state index is 0.0938. The number of aryl methyl sites for hydroxylation is 2. The maximum Gasteiger partial charge on any atom is 0.265 e. The van der Waals surface area contributed by atoms with E-state index in [1.165, 1.54) is 0 Å². The zero-order chi connectivity index (χ0) is 15.7. The fourth-order valence-electron chi connectivity index (χ4n) is 2.49. The van der Waals surface area contributed by atoms with Gasteiger partial charge >= 0.3 is 0 Å². The first-order chi connectivity index (χ1) is 10.5. The molecule has 3 nitrogen and oxygen atoms in total. The number of anilines is 1. The molecule has 0 unspecified atom stereocenters. The summed E-state index contributed by atoms with van der Waals surface area (Å²) in [5.74, 6) is -0.252. The van der Waals surface area contributed by atoms with Crippen molar-refractivity contribution in [2.45, 2.75) is 13.8 Å². The third-order valence-electron chi connectivity index (χ3n) is 3.37. The van der Waals surface area contributed by atoms with E-state index >= 15 is 0 Å². The van der Waals surface area contributed by atoms with Crippen molar-refractivity contribution in [3.8, 4) is 0 Å². The van der Waals surface area contributed by atoms with E-state index in [0.717, 1.165) is 33.5 Å². The topological polar surface area (TPSA) is 46.2 Å². The molecule has 0 saturated carbocycles. The van der Waals surface area contributed by atoms with Crippen molar-refractivity contribution in [2.24, 2.45) is 0 Å². The van der Waals surface area contributed by atoms with E-state index in [1.807, 2.05) is 50.2 Å². The van der Waals surface area contributed by atoms with Gasteiger partial charge in [0.1, 0.15) is 0 Å². The number of nitrogens with one attached hydrogen (secondary N) is 1. The lowest BCUT2D eigenvalue weighted by atomic mass is 10.1. The first kappa shape index (κ1) is 14.5. The molecule has 3 rings (SSSR count). The molecule has 2 aromatic carbocycles. The first-order valence-corrected chi connectivity index (χ1v) is 7.77. The maximum absolute atomic E-state index is 12.4. The molecule has 0 aliphatic heterocycles. The average Bonchev–Trinajstić information content (AvgIpc) is 2.46. The van der Waals surface area contributed by atoms with Gasteiger partial charge in [0, 0.05) is 11.1 Å². The largest absolute Gasteiger partial charge is 0.321 e. The van der Waals surface area contributed by atoms with Crippen LogP contribution in [0.15, 0.2) is 53.3 Å². The third-order valence-corrected chi connectivity index (χ3v) is 4.30. The molecule has 22 heavy (non-hydrogen) atoms. The molecular formula is C18H15NO2S. The van der Waals surface area contributed by atoms with E-state index in [2.05, 4.69) is 5.32 Å². The summed E-state index contributed by atoms with van der Waals surface area (Å²) in [4.78, 5) is 24.9. The smallest absolute Gasteiger partial charge is 0.265 e. The van der Waals surface area contributed by atoms with Gasteiger partial charge in [0.15, 0.2) is 0 Å². The predicted octanol–water partition coefficient (Wildman–Crippen LogP) is 4.13. The normalized spacial score (nSPS) is 10.6. The molecule has 1 N–H and O–H groups in total. The van der Waals surface area contributed by atoms with Gasteiger partial charge in [-0.1, -0.05) is 35.6 Å². The van der Waals surface area contributed by atoms with Crippen molar-refractivity contribution in [3.05, 3.63) is 74.1 Å². The second-order valence-corrected chi connectivity index (χ2v) is 6.33. The summed E-state index contributed by atoms with van der Waals surface area (Å²) in [7, 11) is 0. The van der Waals surface area contributed by atoms with Crippen LogP contribution in [0.4, 0.5) is 5.69 Å². The number of hydrogen-bond acceptors (Lipinski definition) is 3. The van der Waals surface area contributed by atoms with Crippen molar-refractivity contribution in [1.29, 1.82) is 0 Å². The molecule has 110 valence electrons. The predicted molar refractivity (Wildman–Crippen MR) is 92.0 cm³/mol. The van der Waals surface area contributed by atoms with Crippen LogP contribution in [0.3, 0.4) is 0 Å². The Morgan fingerprint density at radius 1 is 1.00 bits per heavy atom. The van der Waals surface area contributed by atoms with Crippen LogP contribution in [0.2, 0.25) is 0 Å². The summed E-state index contributed by atoms with van der Waals surface area (Å²) in [6.45, 7) is 3.97. The van der Waals surface area contributed by atoms with Crippen LogP contribution in [0, 0.1) is 13.8 Å². The number of fused-ring (bicyclic) bond motifs is 1. The number of hydrogen-bond donors (Lipinski definition) is 1. The fourth-order valence-corrected chi connectivity index (χ4v) is 3.31. The van der Waals surface area contributed by atoms with Crippen LogP contribution in [0.1, 0.15) is 20.8 Å². The van der Waals surface area contributed by atoms with Gasteiger partial charge < -0.3 is 5.32 Å². The molecule has 4 heteroatoms. The van der Waals surface area contributed by atoms with Crippen LogP contribution < -0.4 is 10.1 Å². The Hall–Kier alpha value is -2.46. The standard InChI is InChI=1S/C18H15NO2S/c1-11-7-12(2)9-14(8-11)19-17(20)16-10-13-5-3-4-6-15(13)18(21)22-16/h3-10H,1-2H3,(H,19,20). The lowest BCUT2D eigenvalue weighted by Crippen LogP contribution is -2.13. The molecule has 0 spiro atoms. The summed E-state index contributed by atoms with van der Waals surface area (Å²) in [5, 5.41) is 4.30. The zero-order valence-electron chi connectivity index (χ0n) is 12.3. The highest BCUT2D eigenvalue weighted by Crippen LogP contribution is 2.18. The Morgan fingerprint density at radius 2 is 1.68 bits per heavy atom. The fraction of sp³-hybridized carbons (Fsp3) is 0.111. The number of amides is 1. The molecule has 0 atom stereocenters. The molecular weight excluding hydrogens is 294 g/mol. The van der Waals surface area contributed by atoms with Gasteiger partial charge in [-0.05, 0) is 54.6 Å². The van der Waals surface area contributed by atoms with Gasteiger partial charge in [0.25, 0.3) is 5.91 Å². The molecule has 0 bridgehead atoms. The van der Waals surface area contributed by atoms with Gasteiger partial charge in [-0.3, -0.25) is 9.59 Å². The van der Waals surface area contributed by atoms with E-state index in [9.17, 15) is 9.59 Å². The van der Waals surface area contributed by atoms with Crippen LogP contribution >= 0.6 is 11.3 Å². The minimum Gasteiger partial charge on any atom is -0.321 e. The molecule has 0 radical (unpaired) electrons. The van der Waals surface area contributed by atoms with Crippen molar-refractivity contribution in [3.63, 3.8) is 0 Å². The van der Waals surface area contributed by atoms with E-state index in [4.69, 9.17) is 0 Å². The molecule has 3 aromatic rings. The monoisotopic (exact) mass is 309 g/mol. The molecule has 0 fully saturated rings. The Labute approximate surface area is 132 Å². The summed E-state index contributed by atoms with van der Waals surface area (Å²) in [5.41, 5.74) is 2.92. The van der Waals surface area contributed by atoms with E-state index in [-0.39, 0.29) is 10.6 Å². The summed E-state index contributed by atoms with van der Waals surface area (Å²) >= 11 is 0.975. The Morgan fingerprint density at radius 3 is 2.41 bits per heavy atom. The molecule has 0 saturated heterocycles. The van der Waals surface area contributed by atoms with E-state index in [1.54, 1.807) is 12.1 Å². The molecule has 1 heterocycles. The maximum atomic E-state index is 12.4. The lowest BCUT2D eigenvalue weighted by molar-refractivity contribution is 0.103. The number of carbonyl (C=O) groups is 1. The van der Waals surface area contributed by atoms with Gasteiger partial charge in [-0.2, -0.15) is 0 Å². The van der Waals surface area contributed by atoms with Crippen molar-refractivity contribution in [2.75, 3.05) is 5.32 Å². The van der Waals surface area contributed by atoms with Crippen LogP contribution in [0.5, 0.6) is 0 Å². The van der Waals surface area contributed by atoms with Gasteiger partial charge in [-0.25, -0.2) is 0 Å². The van der Waals surface area contributed by atoms with Crippen molar-refractivity contribution < 1.29 is 4.79 Å². The molecule has 1 aromatic heterocycles. The second kappa shape index (κ2) is 5.73. The van der Waals surface area contributed by atoms with E-state index in [0.29, 0.717) is 10.3 Å². The van der Waals surface area contributed by atoms with Crippen LogP contribution in [0.25, 0.3) is 10.8 Å². The summed E-state index contributed by atoms with van der Waals surface area (Å²) in [6.07, 6.45) is 0. The zero-order valence-corrected chi connectivity index (χ0v) is 13.2. The SMILES string of the molecule is Cc1cc(C)cc(NC(=O)c2cc3ccccc3c(=O)s2)c1. The highest BCUT2D eigenvalue weighted by atomic mass is 32.1. The Balaban J connectivity index is 1.97. The average molecular weight is 309 g/mol. The quantitative estimate of drug-likeness (QED) is 0.773. The third kappa shape index (κ3) is 2.92. The number of rotatable bonds is 2. The second-order valence-electron chi connectivity index (χ2n) is 5.32. The van der Waals surface area contributed by atoms with Gasteiger partial charge in [0.05, 0.1) is 4.88 Å². The van der Waals surface area contributed by atoms with Gasteiger partial charge in [0.2, 0.25) is 4.74 Å². The number of carbonyl (C=O) groups excluding carboxylic acids is 1. The molecule has 1 amide bonds. The highest BCUT2D eigenvalue weighted by molar-refractivity contribution is 7.12. The molecule has 0 aliphatic carbocycles. The number of benzene rings is 2. The summed E-state index contributed by atoms with van der Waals surface area (Å²) < 4.78 is -0.0938. The van der Waals surface area contributed by atoms with Crippen LogP contribution in [-0.2, 0) is 0 Å². The first-order valence-electron chi connectivity index (χ1n) is 6.95. The summed E-state index contributed by atoms with van der Waals surface area (Å²) in [6, 6.07) is 14.9. The minimum atomic E-state index is -0.252. The van der Waals surface area contributed by atoms with Crippen molar-refractivity contribution in [1.82, 2.24) is 0 Å². The lowest BCUT2D eigenvalue weighted by Gasteiger charge is -2.07. The Bertz CT molecular complexity index is 908. The van der Waals surface area contributed by atoms with Crippen molar-refractivity contribution >= 4 is 33.7 Å². The van der Waals surface area contributed by atoms with Crippen LogP contribution in [-0.4, -0.2) is 5.91 Å². The Kier molecular flexibility index (Phi) is 3.77. The van der Waals surface area contributed by atoms with Gasteiger partial charge in [-0.15, -0.1) is 0 Å². The molecule has 0 aliphatic rings.